The third-order valence-corrected chi connectivity index (χ3v) is 3.27. The summed E-state index contributed by atoms with van der Waals surface area (Å²) in [5.41, 5.74) is 2.22. The number of nitrogens with zero attached hydrogens (tertiary/aromatic N) is 3. The van der Waals surface area contributed by atoms with Gasteiger partial charge in [0.2, 0.25) is 0 Å². The van der Waals surface area contributed by atoms with Gasteiger partial charge in [0.05, 0.1) is 12.2 Å². The molecule has 0 aliphatic rings. The molecule has 0 spiro atoms. The van der Waals surface area contributed by atoms with Crippen molar-refractivity contribution in [2.45, 2.75) is 33.2 Å². The Morgan fingerprint density at radius 1 is 1.23 bits per heavy atom. The number of nitrogens with one attached hydrogen (secondary N) is 2. The second-order valence-corrected chi connectivity index (χ2v) is 5.10. The lowest BCUT2D eigenvalue weighted by Gasteiger charge is -2.11. The van der Waals surface area contributed by atoms with E-state index in [1.807, 2.05) is 29.1 Å². The van der Waals surface area contributed by atoms with Crippen LogP contribution < -0.4 is 10.6 Å². The zero-order chi connectivity index (χ0) is 15.6. The molecule has 118 valence electrons. The summed E-state index contributed by atoms with van der Waals surface area (Å²) in [6, 6.07) is 10.2. The molecule has 1 aromatic heterocycles. The van der Waals surface area contributed by atoms with Gasteiger partial charge in [-0.1, -0.05) is 25.5 Å². The first-order valence-electron chi connectivity index (χ1n) is 7.94. The Kier molecular flexibility index (Phi) is 6.48. The Balaban J connectivity index is 2.01. The van der Waals surface area contributed by atoms with E-state index in [-0.39, 0.29) is 0 Å². The number of aromatic nitrogens is 2. The molecule has 5 nitrogen and oxygen atoms in total. The zero-order valence-corrected chi connectivity index (χ0v) is 13.4. The molecule has 0 radical (unpaired) electrons. The van der Waals surface area contributed by atoms with Crippen molar-refractivity contribution in [3.05, 3.63) is 48.3 Å². The third kappa shape index (κ3) is 4.91. The fourth-order valence-electron chi connectivity index (χ4n) is 2.11. The van der Waals surface area contributed by atoms with Crippen LogP contribution in [0.15, 0.2) is 47.7 Å². The third-order valence-electron chi connectivity index (χ3n) is 3.27. The predicted octanol–water partition coefficient (Wildman–Crippen LogP) is 2.73. The van der Waals surface area contributed by atoms with Gasteiger partial charge < -0.3 is 10.6 Å². The van der Waals surface area contributed by atoms with E-state index in [0.717, 1.165) is 31.2 Å². The van der Waals surface area contributed by atoms with Gasteiger partial charge in [0.25, 0.3) is 0 Å². The first kappa shape index (κ1) is 16.1. The summed E-state index contributed by atoms with van der Waals surface area (Å²) in [5, 5.41) is 10.9. The molecule has 0 unspecified atom stereocenters. The van der Waals surface area contributed by atoms with Gasteiger partial charge in [-0.2, -0.15) is 5.10 Å². The number of unbranched alkanes of at least 4 members (excludes halogenated alkanes) is 1. The van der Waals surface area contributed by atoms with Gasteiger partial charge in [-0.3, -0.25) is 0 Å². The number of guanidine groups is 1. The number of hydrogen-bond acceptors (Lipinski definition) is 2. The van der Waals surface area contributed by atoms with Crippen molar-refractivity contribution in [3.8, 4) is 5.69 Å². The summed E-state index contributed by atoms with van der Waals surface area (Å²) in [7, 11) is 0. The summed E-state index contributed by atoms with van der Waals surface area (Å²) in [5.74, 6) is 0.875. The Hall–Kier alpha value is -2.30. The van der Waals surface area contributed by atoms with Crippen molar-refractivity contribution in [1.29, 1.82) is 0 Å². The normalized spacial score (nSPS) is 11.5. The molecule has 2 rings (SSSR count). The lowest BCUT2D eigenvalue weighted by molar-refractivity contribution is 0.730. The van der Waals surface area contributed by atoms with Crippen LogP contribution in [-0.2, 0) is 6.54 Å². The van der Waals surface area contributed by atoms with E-state index in [2.05, 4.69) is 46.7 Å². The van der Waals surface area contributed by atoms with Gasteiger partial charge in [0.1, 0.15) is 0 Å². The highest BCUT2D eigenvalue weighted by Gasteiger charge is 2.00. The summed E-state index contributed by atoms with van der Waals surface area (Å²) in [4.78, 5) is 4.64. The highest BCUT2D eigenvalue weighted by molar-refractivity contribution is 5.79. The average molecular weight is 299 g/mol. The van der Waals surface area contributed by atoms with Crippen LogP contribution >= 0.6 is 0 Å². The number of rotatable bonds is 7. The molecule has 0 aliphatic heterocycles. The van der Waals surface area contributed by atoms with Gasteiger partial charge in [-0.15, -0.1) is 0 Å². The molecule has 0 atom stereocenters. The van der Waals surface area contributed by atoms with E-state index < -0.39 is 0 Å². The van der Waals surface area contributed by atoms with Crippen LogP contribution in [0.25, 0.3) is 5.69 Å². The number of aliphatic imine (C=N–C) groups is 1. The standard InChI is InChI=1S/C17H25N5/c1-3-5-10-19-17(18-4-2)20-14-15-8-6-9-16(13-15)22-12-7-11-21-22/h6-9,11-13H,3-5,10,14H2,1-2H3,(H2,18,19,20). The van der Waals surface area contributed by atoms with Crippen LogP contribution in [0.4, 0.5) is 0 Å². The molecule has 0 saturated carbocycles. The molecule has 2 aromatic rings. The van der Waals surface area contributed by atoms with E-state index in [1.165, 1.54) is 12.0 Å². The van der Waals surface area contributed by atoms with Crippen LogP contribution in [0.1, 0.15) is 32.3 Å². The largest absolute Gasteiger partial charge is 0.357 e. The maximum atomic E-state index is 4.64. The molecule has 0 amide bonds. The maximum absolute atomic E-state index is 4.64. The lowest BCUT2D eigenvalue weighted by atomic mass is 10.2. The summed E-state index contributed by atoms with van der Waals surface area (Å²) < 4.78 is 1.86. The van der Waals surface area contributed by atoms with Gasteiger partial charge in [-0.05, 0) is 37.1 Å². The van der Waals surface area contributed by atoms with Crippen molar-refractivity contribution in [2.24, 2.45) is 4.99 Å². The molecular weight excluding hydrogens is 274 g/mol. The molecule has 0 aliphatic carbocycles. The maximum Gasteiger partial charge on any atom is 0.191 e. The second-order valence-electron chi connectivity index (χ2n) is 5.10. The summed E-state index contributed by atoms with van der Waals surface area (Å²) >= 11 is 0. The lowest BCUT2D eigenvalue weighted by Crippen LogP contribution is -2.37. The molecule has 1 aromatic carbocycles. The van der Waals surface area contributed by atoms with E-state index in [4.69, 9.17) is 0 Å². The van der Waals surface area contributed by atoms with Gasteiger partial charge in [-0.25, -0.2) is 9.67 Å². The molecule has 5 heteroatoms. The van der Waals surface area contributed by atoms with Gasteiger partial charge >= 0.3 is 0 Å². The monoisotopic (exact) mass is 299 g/mol. The molecule has 0 bridgehead atoms. The van der Waals surface area contributed by atoms with Crippen molar-refractivity contribution in [1.82, 2.24) is 20.4 Å². The van der Waals surface area contributed by atoms with Crippen LogP contribution in [0.3, 0.4) is 0 Å². The fraction of sp³-hybridized carbons (Fsp3) is 0.412. The van der Waals surface area contributed by atoms with Crippen molar-refractivity contribution < 1.29 is 0 Å². The Labute approximate surface area is 132 Å². The van der Waals surface area contributed by atoms with Crippen molar-refractivity contribution >= 4 is 5.96 Å². The Bertz CT molecular complexity index is 574. The number of hydrogen-bond donors (Lipinski definition) is 2. The topological polar surface area (TPSA) is 54.2 Å². The fourth-order valence-corrected chi connectivity index (χ4v) is 2.11. The minimum atomic E-state index is 0.649. The second kappa shape index (κ2) is 8.87. The minimum Gasteiger partial charge on any atom is -0.357 e. The SMILES string of the molecule is CCCCNC(=NCc1cccc(-n2cccn2)c1)NCC. The van der Waals surface area contributed by atoms with Crippen LogP contribution in [0.2, 0.25) is 0 Å². The molecule has 0 saturated heterocycles. The quantitative estimate of drug-likeness (QED) is 0.469. The molecule has 2 N–H and O–H groups in total. The highest BCUT2D eigenvalue weighted by Crippen LogP contribution is 2.10. The minimum absolute atomic E-state index is 0.649. The summed E-state index contributed by atoms with van der Waals surface area (Å²) in [6.07, 6.45) is 6.06. The van der Waals surface area contributed by atoms with E-state index in [1.54, 1.807) is 6.20 Å². The smallest absolute Gasteiger partial charge is 0.191 e. The average Bonchev–Trinajstić information content (AvgIpc) is 3.07. The molecule has 0 fully saturated rings. The molecule has 1 heterocycles. The first-order valence-corrected chi connectivity index (χ1v) is 7.94. The van der Waals surface area contributed by atoms with Gasteiger partial charge in [0, 0.05) is 25.5 Å². The van der Waals surface area contributed by atoms with E-state index >= 15 is 0 Å². The highest BCUT2D eigenvalue weighted by atomic mass is 15.3. The Morgan fingerprint density at radius 2 is 2.14 bits per heavy atom. The van der Waals surface area contributed by atoms with Crippen LogP contribution in [-0.4, -0.2) is 28.8 Å². The van der Waals surface area contributed by atoms with E-state index in [9.17, 15) is 0 Å². The number of benzene rings is 1. The first-order chi connectivity index (χ1) is 10.8. The zero-order valence-electron chi connectivity index (χ0n) is 13.4. The van der Waals surface area contributed by atoms with Gasteiger partial charge in [0.15, 0.2) is 5.96 Å². The van der Waals surface area contributed by atoms with Crippen LogP contribution in [0, 0.1) is 0 Å². The van der Waals surface area contributed by atoms with E-state index in [0.29, 0.717) is 6.54 Å². The molecule has 22 heavy (non-hydrogen) atoms. The molecular formula is C17H25N5. The van der Waals surface area contributed by atoms with Crippen LogP contribution in [0.5, 0.6) is 0 Å². The van der Waals surface area contributed by atoms with Crippen molar-refractivity contribution in [3.63, 3.8) is 0 Å². The Morgan fingerprint density at radius 3 is 2.86 bits per heavy atom. The van der Waals surface area contributed by atoms with Crippen molar-refractivity contribution in [2.75, 3.05) is 13.1 Å². The predicted molar refractivity (Wildman–Crippen MR) is 91.3 cm³/mol. The summed E-state index contributed by atoms with van der Waals surface area (Å²) in [6.45, 7) is 6.74.